The SMILES string of the molecule is COc1ncccc1C(=O)N1CCC[C@@]2(C)[C@@H]1CCCN2C. The summed E-state index contributed by atoms with van der Waals surface area (Å²) in [6.45, 7) is 4.24. The van der Waals surface area contributed by atoms with Crippen LogP contribution in [0.5, 0.6) is 5.88 Å². The molecule has 22 heavy (non-hydrogen) atoms. The van der Waals surface area contributed by atoms with Gasteiger partial charge in [-0.25, -0.2) is 4.98 Å². The maximum absolute atomic E-state index is 13.1. The number of carbonyl (C=O) groups is 1. The number of aromatic nitrogens is 1. The van der Waals surface area contributed by atoms with Gasteiger partial charge in [0.2, 0.25) is 5.88 Å². The van der Waals surface area contributed by atoms with Gasteiger partial charge in [-0.2, -0.15) is 0 Å². The largest absolute Gasteiger partial charge is 0.480 e. The van der Waals surface area contributed by atoms with Crippen LogP contribution in [0.25, 0.3) is 0 Å². The summed E-state index contributed by atoms with van der Waals surface area (Å²) in [5.41, 5.74) is 0.657. The van der Waals surface area contributed by atoms with Crippen molar-refractivity contribution in [3.8, 4) is 5.88 Å². The van der Waals surface area contributed by atoms with Crippen molar-refractivity contribution in [1.29, 1.82) is 0 Å². The Balaban J connectivity index is 1.92. The van der Waals surface area contributed by atoms with Crippen LogP contribution in [0, 0.1) is 0 Å². The molecule has 5 heteroatoms. The van der Waals surface area contributed by atoms with Gasteiger partial charge >= 0.3 is 0 Å². The first-order chi connectivity index (χ1) is 10.6. The molecule has 0 bridgehead atoms. The monoisotopic (exact) mass is 303 g/mol. The van der Waals surface area contributed by atoms with Crippen LogP contribution in [-0.2, 0) is 0 Å². The minimum Gasteiger partial charge on any atom is -0.480 e. The van der Waals surface area contributed by atoms with E-state index < -0.39 is 0 Å². The first kappa shape index (κ1) is 15.3. The molecule has 0 N–H and O–H groups in total. The highest BCUT2D eigenvalue weighted by atomic mass is 16.5. The Morgan fingerprint density at radius 3 is 3.00 bits per heavy atom. The molecule has 2 aliphatic rings. The summed E-state index contributed by atoms with van der Waals surface area (Å²) >= 11 is 0. The Morgan fingerprint density at radius 2 is 2.23 bits per heavy atom. The van der Waals surface area contributed by atoms with Crippen LogP contribution in [0.2, 0.25) is 0 Å². The fraction of sp³-hybridized carbons (Fsp3) is 0.647. The number of likely N-dealkylation sites (tertiary alicyclic amines) is 2. The number of carbonyl (C=O) groups excluding carboxylic acids is 1. The normalized spacial score (nSPS) is 29.0. The zero-order valence-corrected chi connectivity index (χ0v) is 13.7. The predicted octanol–water partition coefficient (Wildman–Crippen LogP) is 2.18. The smallest absolute Gasteiger partial charge is 0.259 e. The van der Waals surface area contributed by atoms with Crippen molar-refractivity contribution in [3.05, 3.63) is 23.9 Å². The summed E-state index contributed by atoms with van der Waals surface area (Å²) in [6.07, 6.45) is 6.08. The number of rotatable bonds is 2. The fourth-order valence-corrected chi connectivity index (χ4v) is 4.07. The van der Waals surface area contributed by atoms with E-state index in [0.717, 1.165) is 38.8 Å². The molecule has 1 aromatic heterocycles. The van der Waals surface area contributed by atoms with E-state index in [9.17, 15) is 4.79 Å². The molecule has 0 aliphatic carbocycles. The molecule has 0 aromatic carbocycles. The average Bonchev–Trinajstić information content (AvgIpc) is 2.54. The molecule has 5 nitrogen and oxygen atoms in total. The van der Waals surface area contributed by atoms with Crippen LogP contribution < -0.4 is 4.74 Å². The highest BCUT2D eigenvalue weighted by Gasteiger charge is 2.47. The number of amides is 1. The molecule has 1 aromatic rings. The van der Waals surface area contributed by atoms with Crippen LogP contribution in [0.1, 0.15) is 43.0 Å². The lowest BCUT2D eigenvalue weighted by Gasteiger charge is -2.55. The van der Waals surface area contributed by atoms with Crippen molar-refractivity contribution in [2.24, 2.45) is 0 Å². The van der Waals surface area contributed by atoms with E-state index in [1.165, 1.54) is 0 Å². The van der Waals surface area contributed by atoms with Gasteiger partial charge in [0.25, 0.3) is 5.91 Å². The van der Waals surface area contributed by atoms with Gasteiger partial charge in [0, 0.05) is 18.3 Å². The molecule has 1 amide bonds. The molecule has 0 saturated carbocycles. The molecule has 120 valence electrons. The van der Waals surface area contributed by atoms with Crippen molar-refractivity contribution in [3.63, 3.8) is 0 Å². The first-order valence-electron chi connectivity index (χ1n) is 8.09. The Bertz CT molecular complexity index is 563. The number of ether oxygens (including phenoxy) is 1. The van der Waals surface area contributed by atoms with Crippen molar-refractivity contribution in [1.82, 2.24) is 14.8 Å². The Morgan fingerprint density at radius 1 is 1.41 bits per heavy atom. The van der Waals surface area contributed by atoms with E-state index in [4.69, 9.17) is 4.74 Å². The maximum atomic E-state index is 13.1. The van der Waals surface area contributed by atoms with Crippen LogP contribution in [0.3, 0.4) is 0 Å². The third-order valence-electron chi connectivity index (χ3n) is 5.47. The van der Waals surface area contributed by atoms with E-state index in [1.54, 1.807) is 19.4 Å². The molecule has 0 radical (unpaired) electrons. The number of methoxy groups -OCH3 is 1. The standard InChI is InChI=1S/C17H25N3O2/c1-17-9-6-12-20(14(17)8-5-11-19(17)2)16(21)13-7-4-10-18-15(13)22-3/h4,7,10,14H,5-6,8-9,11-12H2,1-3H3/t14-,17-/m0/s1. The number of likely N-dealkylation sites (N-methyl/N-ethyl adjacent to an activating group) is 1. The van der Waals surface area contributed by atoms with Crippen LogP contribution in [0.4, 0.5) is 0 Å². The van der Waals surface area contributed by atoms with Crippen LogP contribution in [-0.4, -0.2) is 59.5 Å². The lowest BCUT2D eigenvalue weighted by atomic mass is 9.76. The number of pyridine rings is 1. The van der Waals surface area contributed by atoms with Gasteiger partial charge in [-0.15, -0.1) is 0 Å². The second-order valence-corrected chi connectivity index (χ2v) is 6.60. The van der Waals surface area contributed by atoms with Crippen molar-refractivity contribution in [2.45, 2.75) is 44.2 Å². The number of piperidine rings is 2. The quantitative estimate of drug-likeness (QED) is 0.840. The molecular weight excluding hydrogens is 278 g/mol. The fourth-order valence-electron chi connectivity index (χ4n) is 4.07. The van der Waals surface area contributed by atoms with Gasteiger partial charge in [0.05, 0.1) is 13.2 Å². The Hall–Kier alpha value is -1.62. The summed E-state index contributed by atoms with van der Waals surface area (Å²) in [6, 6.07) is 3.89. The van der Waals surface area contributed by atoms with E-state index in [-0.39, 0.29) is 17.5 Å². The van der Waals surface area contributed by atoms with Crippen LogP contribution >= 0.6 is 0 Å². The molecule has 3 heterocycles. The molecule has 2 saturated heterocycles. The minimum absolute atomic E-state index is 0.0520. The highest BCUT2D eigenvalue weighted by molar-refractivity contribution is 5.96. The van der Waals surface area contributed by atoms with Gasteiger partial charge in [-0.05, 0) is 58.3 Å². The third-order valence-corrected chi connectivity index (χ3v) is 5.47. The lowest BCUT2D eigenvalue weighted by Crippen LogP contribution is -2.66. The summed E-state index contributed by atoms with van der Waals surface area (Å²) in [5, 5.41) is 0. The summed E-state index contributed by atoms with van der Waals surface area (Å²) in [4.78, 5) is 21.7. The van der Waals surface area contributed by atoms with Crippen molar-refractivity contribution < 1.29 is 9.53 Å². The van der Waals surface area contributed by atoms with E-state index in [1.807, 2.05) is 6.07 Å². The number of nitrogens with zero attached hydrogens (tertiary/aromatic N) is 3. The number of hydrogen-bond acceptors (Lipinski definition) is 4. The van der Waals surface area contributed by atoms with Crippen molar-refractivity contribution >= 4 is 5.91 Å². The molecule has 2 fully saturated rings. The molecular formula is C17H25N3O2. The maximum Gasteiger partial charge on any atom is 0.259 e. The van der Waals surface area contributed by atoms with Gasteiger partial charge in [-0.3, -0.25) is 9.69 Å². The third kappa shape index (κ3) is 2.37. The predicted molar refractivity (Wildman–Crippen MR) is 85.1 cm³/mol. The molecule has 0 unspecified atom stereocenters. The number of fused-ring (bicyclic) bond motifs is 1. The molecule has 0 spiro atoms. The summed E-state index contributed by atoms with van der Waals surface area (Å²) < 4.78 is 5.27. The second-order valence-electron chi connectivity index (χ2n) is 6.60. The molecule has 2 atom stereocenters. The topological polar surface area (TPSA) is 45.7 Å². The van der Waals surface area contributed by atoms with Gasteiger partial charge in [-0.1, -0.05) is 0 Å². The second kappa shape index (κ2) is 5.88. The van der Waals surface area contributed by atoms with Gasteiger partial charge in [0.15, 0.2) is 0 Å². The summed E-state index contributed by atoms with van der Waals surface area (Å²) in [5.74, 6) is 0.472. The average molecular weight is 303 g/mol. The van der Waals surface area contributed by atoms with Gasteiger partial charge < -0.3 is 9.64 Å². The zero-order valence-electron chi connectivity index (χ0n) is 13.7. The molecule has 3 rings (SSSR count). The number of hydrogen-bond donors (Lipinski definition) is 0. The Kier molecular flexibility index (Phi) is 4.08. The lowest BCUT2D eigenvalue weighted by molar-refractivity contribution is -0.0348. The highest BCUT2D eigenvalue weighted by Crippen LogP contribution is 2.39. The minimum atomic E-state index is 0.0520. The molecule has 2 aliphatic heterocycles. The van der Waals surface area contributed by atoms with Crippen LogP contribution in [0.15, 0.2) is 18.3 Å². The Labute approximate surface area is 132 Å². The van der Waals surface area contributed by atoms with E-state index >= 15 is 0 Å². The zero-order chi connectivity index (χ0) is 15.7. The van der Waals surface area contributed by atoms with E-state index in [0.29, 0.717) is 11.4 Å². The first-order valence-corrected chi connectivity index (χ1v) is 8.09. The van der Waals surface area contributed by atoms with E-state index in [2.05, 4.69) is 28.8 Å². The van der Waals surface area contributed by atoms with Gasteiger partial charge in [0.1, 0.15) is 5.56 Å². The summed E-state index contributed by atoms with van der Waals surface area (Å²) in [7, 11) is 3.75. The van der Waals surface area contributed by atoms with Crippen molar-refractivity contribution in [2.75, 3.05) is 27.2 Å².